The number of nitrogens with zero attached hydrogens (tertiary/aromatic N) is 4. The van der Waals surface area contributed by atoms with Gasteiger partial charge in [-0.3, -0.25) is 9.59 Å². The van der Waals surface area contributed by atoms with Crippen molar-refractivity contribution in [3.05, 3.63) is 70.2 Å². The Hall–Kier alpha value is -3.00. The quantitative estimate of drug-likeness (QED) is 0.613. The third kappa shape index (κ3) is 5.49. The molecule has 0 aliphatic rings. The van der Waals surface area contributed by atoms with E-state index in [1.54, 1.807) is 27.1 Å². The summed E-state index contributed by atoms with van der Waals surface area (Å²) in [5.41, 5.74) is 1.24. The van der Waals surface area contributed by atoms with Gasteiger partial charge in [0.1, 0.15) is 0 Å². The maximum Gasteiger partial charge on any atom is 0.303 e. The van der Waals surface area contributed by atoms with Gasteiger partial charge in [-0.05, 0) is 23.4 Å². The van der Waals surface area contributed by atoms with E-state index in [1.165, 1.54) is 0 Å². The van der Waals surface area contributed by atoms with Crippen molar-refractivity contribution in [2.75, 3.05) is 6.54 Å². The van der Waals surface area contributed by atoms with Crippen LogP contribution in [-0.2, 0) is 17.9 Å². The van der Waals surface area contributed by atoms with E-state index in [9.17, 15) is 9.59 Å². The summed E-state index contributed by atoms with van der Waals surface area (Å²) in [6.07, 6.45) is 2.04. The number of carboxylic acid groups (broad SMARTS) is 1. The Labute approximate surface area is 160 Å². The first-order chi connectivity index (χ1) is 13.1. The molecule has 0 aliphatic carbocycles. The van der Waals surface area contributed by atoms with Crippen molar-refractivity contribution in [1.29, 1.82) is 0 Å². The highest BCUT2D eigenvalue weighted by molar-refractivity contribution is 7.09. The van der Waals surface area contributed by atoms with Gasteiger partial charge >= 0.3 is 5.97 Å². The van der Waals surface area contributed by atoms with Crippen LogP contribution < -0.4 is 0 Å². The third-order valence-corrected chi connectivity index (χ3v) is 4.84. The fraction of sp³-hybridized carbons (Fsp3) is 0.263. The molecule has 140 valence electrons. The summed E-state index contributed by atoms with van der Waals surface area (Å²) < 4.78 is 1.64. The van der Waals surface area contributed by atoms with Gasteiger partial charge in [0.15, 0.2) is 5.69 Å². The van der Waals surface area contributed by atoms with Crippen LogP contribution in [0, 0.1) is 0 Å². The molecule has 0 spiro atoms. The minimum atomic E-state index is -0.871. The van der Waals surface area contributed by atoms with Crippen LogP contribution in [-0.4, -0.2) is 43.4 Å². The van der Waals surface area contributed by atoms with Gasteiger partial charge in [-0.1, -0.05) is 41.6 Å². The van der Waals surface area contributed by atoms with Crippen molar-refractivity contribution < 1.29 is 14.7 Å². The van der Waals surface area contributed by atoms with Gasteiger partial charge in [-0.15, -0.1) is 16.4 Å². The zero-order valence-electron chi connectivity index (χ0n) is 14.7. The molecule has 27 heavy (non-hydrogen) atoms. The van der Waals surface area contributed by atoms with Crippen LogP contribution in [0.3, 0.4) is 0 Å². The molecule has 2 aromatic heterocycles. The van der Waals surface area contributed by atoms with Gasteiger partial charge in [-0.25, -0.2) is 4.68 Å². The van der Waals surface area contributed by atoms with Gasteiger partial charge in [0.05, 0.1) is 12.7 Å². The molecule has 0 unspecified atom stereocenters. The van der Waals surface area contributed by atoms with E-state index in [4.69, 9.17) is 5.11 Å². The predicted molar refractivity (Wildman–Crippen MR) is 101 cm³/mol. The molecule has 1 N–H and O–H groups in total. The standard InChI is InChI=1S/C19H20N4O3S/c24-18(25)9-4-10-22(12-15-6-2-1-3-7-15)19(26)17-14-23(21-20-17)13-16-8-5-11-27-16/h1-3,5-8,11,14H,4,9-10,12-13H2,(H,24,25). The number of hydrogen-bond acceptors (Lipinski definition) is 5. The average Bonchev–Trinajstić information content (AvgIpc) is 3.33. The third-order valence-electron chi connectivity index (χ3n) is 3.98. The lowest BCUT2D eigenvalue weighted by atomic mass is 10.2. The molecule has 1 aromatic carbocycles. The molecule has 0 atom stereocenters. The Kier molecular flexibility index (Phi) is 6.32. The summed E-state index contributed by atoms with van der Waals surface area (Å²) in [4.78, 5) is 26.5. The number of amides is 1. The number of carboxylic acids is 1. The van der Waals surface area contributed by atoms with E-state index in [2.05, 4.69) is 10.3 Å². The Morgan fingerprint density at radius 1 is 1.15 bits per heavy atom. The molecule has 0 bridgehead atoms. The zero-order chi connectivity index (χ0) is 19.1. The lowest BCUT2D eigenvalue weighted by Gasteiger charge is -2.21. The summed E-state index contributed by atoms with van der Waals surface area (Å²) in [6.45, 7) is 1.31. The lowest BCUT2D eigenvalue weighted by Crippen LogP contribution is -2.32. The first kappa shape index (κ1) is 18.8. The normalized spacial score (nSPS) is 10.7. The number of thiophene rings is 1. The molecule has 0 saturated heterocycles. The smallest absolute Gasteiger partial charge is 0.303 e. The monoisotopic (exact) mass is 384 g/mol. The van der Waals surface area contributed by atoms with E-state index < -0.39 is 5.97 Å². The number of aromatic nitrogens is 3. The van der Waals surface area contributed by atoms with E-state index in [-0.39, 0.29) is 18.0 Å². The van der Waals surface area contributed by atoms with Crippen molar-refractivity contribution in [2.24, 2.45) is 0 Å². The molecule has 8 heteroatoms. The number of rotatable bonds is 9. The minimum absolute atomic E-state index is 0.0175. The largest absolute Gasteiger partial charge is 0.481 e. The van der Waals surface area contributed by atoms with Gasteiger partial charge < -0.3 is 10.0 Å². The molecule has 0 radical (unpaired) electrons. The number of hydrogen-bond donors (Lipinski definition) is 1. The minimum Gasteiger partial charge on any atom is -0.481 e. The predicted octanol–water partition coefficient (Wildman–Crippen LogP) is 2.90. The van der Waals surface area contributed by atoms with Gasteiger partial charge in [-0.2, -0.15) is 0 Å². The highest BCUT2D eigenvalue weighted by atomic mass is 32.1. The Morgan fingerprint density at radius 3 is 2.67 bits per heavy atom. The number of carbonyl (C=O) groups excluding carboxylic acids is 1. The van der Waals surface area contributed by atoms with Gasteiger partial charge in [0, 0.05) is 24.4 Å². The van der Waals surface area contributed by atoms with Crippen molar-refractivity contribution in [1.82, 2.24) is 19.9 Å². The van der Waals surface area contributed by atoms with Crippen LogP contribution in [0.2, 0.25) is 0 Å². The number of carbonyl (C=O) groups is 2. The van der Waals surface area contributed by atoms with Crippen LogP contribution in [0.1, 0.15) is 33.8 Å². The molecule has 1 amide bonds. The Morgan fingerprint density at radius 2 is 1.96 bits per heavy atom. The van der Waals surface area contributed by atoms with Crippen LogP contribution in [0.15, 0.2) is 54.0 Å². The van der Waals surface area contributed by atoms with Crippen molar-refractivity contribution in [3.63, 3.8) is 0 Å². The summed E-state index contributed by atoms with van der Waals surface area (Å²) in [6, 6.07) is 13.6. The topological polar surface area (TPSA) is 88.3 Å². The number of benzene rings is 1. The fourth-order valence-electron chi connectivity index (χ4n) is 2.68. The highest BCUT2D eigenvalue weighted by Gasteiger charge is 2.20. The van der Waals surface area contributed by atoms with Crippen LogP contribution >= 0.6 is 11.3 Å². The molecule has 0 saturated carbocycles. The molecular formula is C19H20N4O3S. The number of aliphatic carboxylic acids is 1. The molecule has 3 aromatic rings. The van der Waals surface area contributed by atoms with Crippen LogP contribution in [0.5, 0.6) is 0 Å². The zero-order valence-corrected chi connectivity index (χ0v) is 15.5. The first-order valence-corrected chi connectivity index (χ1v) is 9.47. The second-order valence-corrected chi connectivity index (χ2v) is 7.12. The summed E-state index contributed by atoms with van der Waals surface area (Å²) in [5, 5.41) is 18.9. The second-order valence-electron chi connectivity index (χ2n) is 6.09. The molecule has 7 nitrogen and oxygen atoms in total. The molecular weight excluding hydrogens is 364 g/mol. The Bertz CT molecular complexity index is 878. The van der Waals surface area contributed by atoms with Crippen LogP contribution in [0.25, 0.3) is 0 Å². The van der Waals surface area contributed by atoms with Crippen molar-refractivity contribution >= 4 is 23.2 Å². The average molecular weight is 384 g/mol. The van der Waals surface area contributed by atoms with E-state index in [0.29, 0.717) is 26.1 Å². The van der Waals surface area contributed by atoms with E-state index in [1.807, 2.05) is 47.8 Å². The second kappa shape index (κ2) is 9.09. The molecule has 3 rings (SSSR count). The summed E-state index contributed by atoms with van der Waals surface area (Å²) in [5.74, 6) is -1.12. The van der Waals surface area contributed by atoms with E-state index >= 15 is 0 Å². The maximum absolute atomic E-state index is 12.9. The maximum atomic E-state index is 12.9. The fourth-order valence-corrected chi connectivity index (χ4v) is 3.37. The molecule has 2 heterocycles. The first-order valence-electron chi connectivity index (χ1n) is 8.59. The van der Waals surface area contributed by atoms with E-state index in [0.717, 1.165) is 10.4 Å². The molecule has 0 aliphatic heterocycles. The van der Waals surface area contributed by atoms with Gasteiger partial charge in [0.25, 0.3) is 5.91 Å². The van der Waals surface area contributed by atoms with Crippen molar-refractivity contribution in [2.45, 2.75) is 25.9 Å². The SMILES string of the molecule is O=C(O)CCCN(Cc1ccccc1)C(=O)c1cn(Cc2cccs2)nn1. The summed E-state index contributed by atoms with van der Waals surface area (Å²) in [7, 11) is 0. The van der Waals surface area contributed by atoms with Crippen molar-refractivity contribution in [3.8, 4) is 0 Å². The lowest BCUT2D eigenvalue weighted by molar-refractivity contribution is -0.137. The molecule has 0 fully saturated rings. The van der Waals surface area contributed by atoms with Crippen LogP contribution in [0.4, 0.5) is 0 Å². The van der Waals surface area contributed by atoms with Gasteiger partial charge in [0.2, 0.25) is 0 Å². The highest BCUT2D eigenvalue weighted by Crippen LogP contribution is 2.12. The Balaban J connectivity index is 1.71. The summed E-state index contributed by atoms with van der Waals surface area (Å²) >= 11 is 1.62.